The highest BCUT2D eigenvalue weighted by Gasteiger charge is 2.36. The summed E-state index contributed by atoms with van der Waals surface area (Å²) in [5.41, 5.74) is 3.60. The summed E-state index contributed by atoms with van der Waals surface area (Å²) in [5, 5.41) is 4.91. The fourth-order valence-electron chi connectivity index (χ4n) is 3.55. The van der Waals surface area contributed by atoms with E-state index in [0.29, 0.717) is 16.9 Å². The van der Waals surface area contributed by atoms with E-state index in [1.807, 2.05) is 26.0 Å². The molecule has 0 unspecified atom stereocenters. The Morgan fingerprint density at radius 3 is 2.33 bits per heavy atom. The molecule has 0 aromatic heterocycles. The van der Waals surface area contributed by atoms with Crippen molar-refractivity contribution >= 4 is 63.8 Å². The molecular weight excluding hydrogens is 545 g/mol. The number of nitrogens with one attached hydrogen (secondary N) is 2. The van der Waals surface area contributed by atoms with Crippen molar-refractivity contribution in [1.29, 1.82) is 0 Å². The van der Waals surface area contributed by atoms with Gasteiger partial charge in [-0.1, -0.05) is 23.7 Å². The maximum atomic E-state index is 13.0. The molecule has 1 aliphatic rings. The Hall–Kier alpha value is -4.15. The topological polar surface area (TPSA) is 105 Å². The lowest BCUT2D eigenvalue weighted by Gasteiger charge is -2.13. The smallest absolute Gasteiger partial charge is 0.294 e. The summed E-state index contributed by atoms with van der Waals surface area (Å²) in [5.74, 6) is -1.72. The number of ether oxygens (including phenoxy) is 1. The van der Waals surface area contributed by atoms with Crippen LogP contribution in [0.1, 0.15) is 16.7 Å². The fraction of sp³-hybridized carbons (Fsp3) is 0.143. The Morgan fingerprint density at radius 2 is 1.64 bits per heavy atom. The van der Waals surface area contributed by atoms with Crippen LogP contribution in [-0.2, 0) is 14.4 Å². The summed E-state index contributed by atoms with van der Waals surface area (Å²) >= 11 is 7.01. The zero-order chi connectivity index (χ0) is 28.1. The van der Waals surface area contributed by atoms with Gasteiger partial charge in [0.25, 0.3) is 17.1 Å². The van der Waals surface area contributed by atoms with Crippen molar-refractivity contribution in [2.24, 2.45) is 0 Å². The number of hydrogen-bond donors (Lipinski definition) is 2. The van der Waals surface area contributed by atoms with E-state index in [2.05, 4.69) is 10.6 Å². The molecule has 0 saturated carbocycles. The van der Waals surface area contributed by atoms with Crippen molar-refractivity contribution in [3.05, 3.63) is 93.1 Å². The van der Waals surface area contributed by atoms with Crippen molar-refractivity contribution in [3.8, 4) is 5.75 Å². The van der Waals surface area contributed by atoms with Gasteiger partial charge >= 0.3 is 0 Å². The number of thioether (sulfide) groups is 1. The monoisotopic (exact) mass is 567 g/mol. The van der Waals surface area contributed by atoms with Crippen LogP contribution in [0.25, 0.3) is 6.08 Å². The first kappa shape index (κ1) is 27.9. The largest absolute Gasteiger partial charge is 0.482 e. The highest BCUT2D eigenvalue weighted by molar-refractivity contribution is 8.18. The average Bonchev–Trinajstić information content (AvgIpc) is 3.14. The Labute approximate surface area is 233 Å². The molecule has 11 heteroatoms. The van der Waals surface area contributed by atoms with Crippen LogP contribution in [0.3, 0.4) is 0 Å². The molecule has 39 heavy (non-hydrogen) atoms. The Bertz CT molecular complexity index is 1490. The predicted octanol–water partition coefficient (Wildman–Crippen LogP) is 5.79. The van der Waals surface area contributed by atoms with E-state index in [9.17, 15) is 23.6 Å². The predicted molar refractivity (Wildman–Crippen MR) is 149 cm³/mol. The van der Waals surface area contributed by atoms with E-state index in [0.717, 1.165) is 27.8 Å². The maximum Gasteiger partial charge on any atom is 0.294 e. The van der Waals surface area contributed by atoms with Crippen molar-refractivity contribution in [3.63, 3.8) is 0 Å². The van der Waals surface area contributed by atoms with Crippen LogP contribution in [-0.4, -0.2) is 41.0 Å². The number of rotatable bonds is 8. The molecule has 0 bridgehead atoms. The van der Waals surface area contributed by atoms with Gasteiger partial charge in [-0.15, -0.1) is 0 Å². The second kappa shape index (κ2) is 12.1. The molecule has 200 valence electrons. The molecule has 2 N–H and O–H groups in total. The zero-order valence-corrected chi connectivity index (χ0v) is 22.5. The first-order valence-corrected chi connectivity index (χ1v) is 12.9. The van der Waals surface area contributed by atoms with Gasteiger partial charge in [-0.25, -0.2) is 4.39 Å². The molecule has 0 atom stereocenters. The highest BCUT2D eigenvalue weighted by atomic mass is 35.5. The molecule has 0 radical (unpaired) electrons. The molecule has 1 fully saturated rings. The summed E-state index contributed by atoms with van der Waals surface area (Å²) in [6.45, 7) is 3.13. The van der Waals surface area contributed by atoms with E-state index in [4.69, 9.17) is 16.3 Å². The van der Waals surface area contributed by atoms with Crippen molar-refractivity contribution in [2.75, 3.05) is 23.8 Å². The molecule has 4 rings (SSSR count). The normalized spacial score (nSPS) is 14.1. The number of carbonyl (C=O) groups excluding carboxylic acids is 4. The summed E-state index contributed by atoms with van der Waals surface area (Å²) in [7, 11) is 0. The zero-order valence-electron chi connectivity index (χ0n) is 20.9. The molecule has 1 saturated heterocycles. The SMILES string of the molecule is Cc1ccc(NC(=O)CN2C(=O)S/C(=C/c3ccc(OCC(=O)Nc4ccc(F)cc4)c(Cl)c3)C2=O)cc1C. The molecular formula is C28H23ClFN3O5S. The highest BCUT2D eigenvalue weighted by Crippen LogP contribution is 2.34. The van der Waals surface area contributed by atoms with Gasteiger partial charge in [-0.05, 0) is 96.9 Å². The average molecular weight is 568 g/mol. The lowest BCUT2D eigenvalue weighted by atomic mass is 10.1. The quantitative estimate of drug-likeness (QED) is 0.334. The first-order valence-electron chi connectivity index (χ1n) is 11.7. The van der Waals surface area contributed by atoms with Crippen molar-refractivity contribution in [1.82, 2.24) is 4.90 Å². The van der Waals surface area contributed by atoms with Crippen LogP contribution in [0.2, 0.25) is 5.02 Å². The second-order valence-corrected chi connectivity index (χ2v) is 10.0. The molecule has 8 nitrogen and oxygen atoms in total. The Kier molecular flexibility index (Phi) is 8.68. The molecule has 0 spiro atoms. The van der Waals surface area contributed by atoms with Crippen LogP contribution in [0.5, 0.6) is 5.75 Å². The molecule has 0 aliphatic carbocycles. The van der Waals surface area contributed by atoms with Crippen molar-refractivity contribution in [2.45, 2.75) is 13.8 Å². The van der Waals surface area contributed by atoms with Crippen molar-refractivity contribution < 1.29 is 28.3 Å². The van der Waals surface area contributed by atoms with E-state index in [1.54, 1.807) is 12.1 Å². The third-order valence-electron chi connectivity index (χ3n) is 5.71. The first-order chi connectivity index (χ1) is 18.6. The van der Waals surface area contributed by atoms with Crippen LogP contribution in [0.4, 0.5) is 20.6 Å². The maximum absolute atomic E-state index is 13.0. The molecule has 1 aliphatic heterocycles. The lowest BCUT2D eigenvalue weighted by Crippen LogP contribution is -2.36. The van der Waals surface area contributed by atoms with Gasteiger partial charge in [0.05, 0.1) is 9.93 Å². The van der Waals surface area contributed by atoms with Gasteiger partial charge < -0.3 is 15.4 Å². The number of hydrogen-bond acceptors (Lipinski definition) is 6. The third kappa shape index (κ3) is 7.24. The number of carbonyl (C=O) groups is 4. The third-order valence-corrected chi connectivity index (χ3v) is 6.91. The van der Waals surface area contributed by atoms with Gasteiger partial charge in [0.1, 0.15) is 18.1 Å². The minimum absolute atomic E-state index is 0.141. The summed E-state index contributed by atoms with van der Waals surface area (Å²) in [6, 6.07) is 15.4. The van der Waals surface area contributed by atoms with Crippen LogP contribution < -0.4 is 15.4 Å². The number of anilines is 2. The van der Waals surface area contributed by atoms with E-state index >= 15 is 0 Å². The second-order valence-electron chi connectivity index (χ2n) is 8.65. The summed E-state index contributed by atoms with van der Waals surface area (Å²) < 4.78 is 18.5. The van der Waals surface area contributed by atoms with E-state index in [-0.39, 0.29) is 22.3 Å². The standard InChI is InChI=1S/C28H23ClFN3O5S/c1-16-3-7-21(11-17(16)2)32-25(34)14-33-27(36)24(39-28(33)37)13-18-4-10-23(22(29)12-18)38-15-26(35)31-20-8-5-19(30)6-9-20/h3-13H,14-15H2,1-2H3,(H,31,35)(H,32,34)/b24-13+. The van der Waals surface area contributed by atoms with Gasteiger partial charge in [0.15, 0.2) is 6.61 Å². The van der Waals surface area contributed by atoms with Gasteiger partial charge in [0, 0.05) is 11.4 Å². The van der Waals surface area contributed by atoms with Crippen LogP contribution in [0.15, 0.2) is 65.6 Å². The number of aryl methyl sites for hydroxylation is 2. The fourth-order valence-corrected chi connectivity index (χ4v) is 4.63. The van der Waals surface area contributed by atoms with Crippen LogP contribution >= 0.6 is 23.4 Å². The molecule has 3 aromatic carbocycles. The number of imide groups is 1. The Balaban J connectivity index is 1.34. The summed E-state index contributed by atoms with van der Waals surface area (Å²) in [4.78, 5) is 50.8. The summed E-state index contributed by atoms with van der Waals surface area (Å²) in [6.07, 6.45) is 1.49. The van der Waals surface area contributed by atoms with E-state index in [1.165, 1.54) is 42.5 Å². The van der Waals surface area contributed by atoms with Gasteiger partial charge in [-0.2, -0.15) is 0 Å². The number of benzene rings is 3. The Morgan fingerprint density at radius 1 is 0.949 bits per heavy atom. The molecule has 1 heterocycles. The number of amides is 4. The minimum Gasteiger partial charge on any atom is -0.482 e. The van der Waals surface area contributed by atoms with Gasteiger partial charge in [0.2, 0.25) is 5.91 Å². The van der Waals surface area contributed by atoms with Gasteiger partial charge in [-0.3, -0.25) is 24.1 Å². The van der Waals surface area contributed by atoms with E-state index < -0.39 is 35.3 Å². The number of nitrogens with zero attached hydrogens (tertiary/aromatic N) is 1. The number of halogens is 2. The minimum atomic E-state index is -0.589. The molecule has 3 aromatic rings. The van der Waals surface area contributed by atoms with Crippen LogP contribution in [0, 0.1) is 19.7 Å². The lowest BCUT2D eigenvalue weighted by molar-refractivity contribution is -0.127. The molecule has 4 amide bonds.